The molecule has 1 N–H and O–H groups in total. The first kappa shape index (κ1) is 23.2. The zero-order chi connectivity index (χ0) is 24.3. The van der Waals surface area contributed by atoms with Gasteiger partial charge in [0, 0.05) is 6.54 Å². The van der Waals surface area contributed by atoms with Crippen molar-refractivity contribution in [3.63, 3.8) is 0 Å². The van der Waals surface area contributed by atoms with Crippen molar-refractivity contribution in [1.82, 2.24) is 14.8 Å². The van der Waals surface area contributed by atoms with Crippen LogP contribution in [0.5, 0.6) is 5.75 Å². The van der Waals surface area contributed by atoms with Gasteiger partial charge in [-0.25, -0.2) is 0 Å². The van der Waals surface area contributed by atoms with E-state index >= 15 is 0 Å². The molecule has 1 aliphatic heterocycles. The highest BCUT2D eigenvalue weighted by atomic mass is 16.5. The molecule has 0 spiro atoms. The number of hydrogen-bond donors (Lipinski definition) is 1. The van der Waals surface area contributed by atoms with E-state index in [9.17, 15) is 14.4 Å². The van der Waals surface area contributed by atoms with Gasteiger partial charge in [0.1, 0.15) is 29.3 Å². The summed E-state index contributed by atoms with van der Waals surface area (Å²) >= 11 is 0. The van der Waals surface area contributed by atoms with Gasteiger partial charge in [-0.3, -0.25) is 14.4 Å². The largest absolute Gasteiger partial charge is 0.497 e. The molecule has 1 unspecified atom stereocenters. The highest BCUT2D eigenvalue weighted by Crippen LogP contribution is 2.34. The average Bonchev–Trinajstić information content (AvgIpc) is 3.50. The van der Waals surface area contributed by atoms with Crippen molar-refractivity contribution in [3.8, 4) is 17.2 Å². The molecule has 9 heteroatoms. The van der Waals surface area contributed by atoms with Crippen LogP contribution >= 0.6 is 0 Å². The second kappa shape index (κ2) is 9.46. The number of fused-ring (bicyclic) bond motifs is 1. The molecule has 9 nitrogen and oxygen atoms in total. The molecule has 1 aliphatic rings. The second-order valence-corrected chi connectivity index (χ2v) is 8.17. The molecule has 0 fully saturated rings. The van der Waals surface area contributed by atoms with E-state index in [0.717, 1.165) is 5.56 Å². The minimum atomic E-state index is -1.28. The number of aromatic nitrogens is 1. The molecule has 34 heavy (non-hydrogen) atoms. The van der Waals surface area contributed by atoms with Crippen molar-refractivity contribution in [3.05, 3.63) is 66.1 Å². The van der Waals surface area contributed by atoms with Crippen molar-refractivity contribution in [2.75, 3.05) is 20.3 Å². The summed E-state index contributed by atoms with van der Waals surface area (Å²) < 4.78 is 17.5. The minimum Gasteiger partial charge on any atom is -0.497 e. The van der Waals surface area contributed by atoms with Crippen LogP contribution in [0.1, 0.15) is 29.9 Å². The van der Waals surface area contributed by atoms with Gasteiger partial charge in [-0.15, -0.1) is 0 Å². The van der Waals surface area contributed by atoms with Gasteiger partial charge >= 0.3 is 5.97 Å². The fourth-order valence-corrected chi connectivity index (χ4v) is 4.13. The van der Waals surface area contributed by atoms with Crippen molar-refractivity contribution in [2.24, 2.45) is 0 Å². The Balaban J connectivity index is 1.70. The third kappa shape index (κ3) is 4.28. The van der Waals surface area contributed by atoms with E-state index in [-0.39, 0.29) is 32.1 Å². The van der Waals surface area contributed by atoms with Gasteiger partial charge in [-0.05, 0) is 55.8 Å². The van der Waals surface area contributed by atoms with Crippen LogP contribution in [-0.4, -0.2) is 53.1 Å². The van der Waals surface area contributed by atoms with E-state index in [2.05, 4.69) is 5.32 Å². The van der Waals surface area contributed by atoms with Crippen LogP contribution in [-0.2, 0) is 27.4 Å². The Bertz CT molecular complexity index is 1180. The first-order chi connectivity index (χ1) is 16.4. The van der Waals surface area contributed by atoms with Gasteiger partial charge in [-0.2, -0.15) is 0 Å². The van der Waals surface area contributed by atoms with Crippen LogP contribution in [0.4, 0.5) is 0 Å². The summed E-state index contributed by atoms with van der Waals surface area (Å²) in [6.07, 6.45) is 1.56. The third-order valence-electron chi connectivity index (χ3n) is 5.97. The summed E-state index contributed by atoms with van der Waals surface area (Å²) in [4.78, 5) is 40.5. The fourth-order valence-electron chi connectivity index (χ4n) is 4.13. The Morgan fingerprint density at radius 1 is 1.12 bits per heavy atom. The summed E-state index contributed by atoms with van der Waals surface area (Å²) in [6, 6.07) is 14.4. The van der Waals surface area contributed by atoms with E-state index in [0.29, 0.717) is 22.9 Å². The predicted molar refractivity (Wildman–Crippen MR) is 123 cm³/mol. The number of hydrogen-bond acceptors (Lipinski definition) is 6. The monoisotopic (exact) mass is 465 g/mol. The Hall–Kier alpha value is -4.01. The molecule has 2 aromatic heterocycles. The smallest absolute Gasteiger partial charge is 0.325 e. The van der Waals surface area contributed by atoms with Crippen LogP contribution < -0.4 is 10.1 Å². The lowest BCUT2D eigenvalue weighted by Gasteiger charge is -2.44. The molecular weight excluding hydrogens is 438 g/mol. The zero-order valence-corrected chi connectivity index (χ0v) is 19.4. The molecule has 0 saturated carbocycles. The quantitative estimate of drug-likeness (QED) is 0.513. The van der Waals surface area contributed by atoms with Crippen LogP contribution in [0, 0.1) is 0 Å². The molecule has 3 aromatic rings. The third-order valence-corrected chi connectivity index (χ3v) is 5.97. The second-order valence-electron chi connectivity index (χ2n) is 8.17. The molecule has 178 valence electrons. The van der Waals surface area contributed by atoms with Crippen molar-refractivity contribution >= 4 is 17.8 Å². The van der Waals surface area contributed by atoms with Gasteiger partial charge in [0.25, 0.3) is 5.91 Å². The molecule has 3 heterocycles. The number of rotatable bonds is 8. The topological polar surface area (TPSA) is 103 Å². The molecule has 1 aromatic carbocycles. The first-order valence-electron chi connectivity index (χ1n) is 11.0. The van der Waals surface area contributed by atoms with E-state index in [1.165, 1.54) is 4.90 Å². The maximum Gasteiger partial charge on any atom is 0.325 e. The molecule has 1 atom stereocenters. The van der Waals surface area contributed by atoms with Gasteiger partial charge in [0.2, 0.25) is 5.91 Å². The SMILES string of the molecule is CCOC(=O)CNC(=O)C1(C)Cn2c(ccc2-c2ccco2)C(=O)N1Cc1ccc(OC)cc1. The summed E-state index contributed by atoms with van der Waals surface area (Å²) in [5.74, 6) is -0.000370. The van der Waals surface area contributed by atoms with Crippen molar-refractivity contribution in [1.29, 1.82) is 0 Å². The maximum atomic E-state index is 13.7. The number of nitrogens with one attached hydrogen (secondary N) is 1. The number of esters is 1. The summed E-state index contributed by atoms with van der Waals surface area (Å²) in [7, 11) is 1.58. The molecule has 0 radical (unpaired) electrons. The van der Waals surface area contributed by atoms with Crippen molar-refractivity contribution < 1.29 is 28.3 Å². The van der Waals surface area contributed by atoms with E-state index in [1.807, 2.05) is 12.1 Å². The standard InChI is InChI=1S/C25H27N3O6/c1-4-33-22(29)14-26-24(31)25(2)16-27-19(21-6-5-13-34-21)11-12-20(27)23(30)28(25)15-17-7-9-18(32-3)10-8-17/h5-13H,4,14-16H2,1-3H3,(H,26,31). The number of benzene rings is 1. The maximum absolute atomic E-state index is 13.7. The van der Waals surface area contributed by atoms with Crippen molar-refractivity contribution in [2.45, 2.75) is 32.5 Å². The lowest BCUT2D eigenvalue weighted by atomic mass is 9.93. The van der Waals surface area contributed by atoms with E-state index in [4.69, 9.17) is 13.9 Å². The molecule has 0 saturated heterocycles. The van der Waals surface area contributed by atoms with Crippen LogP contribution in [0.25, 0.3) is 11.5 Å². The highest BCUT2D eigenvalue weighted by molar-refractivity contribution is 6.01. The molecule has 4 rings (SSSR count). The number of furan rings is 1. The Morgan fingerprint density at radius 3 is 2.50 bits per heavy atom. The first-order valence-corrected chi connectivity index (χ1v) is 11.0. The Kier molecular flexibility index (Phi) is 6.45. The number of carbonyl (C=O) groups is 3. The summed E-state index contributed by atoms with van der Waals surface area (Å²) in [5, 5.41) is 2.65. The average molecular weight is 466 g/mol. The number of ether oxygens (including phenoxy) is 2. The lowest BCUT2D eigenvalue weighted by Crippen LogP contribution is -2.64. The van der Waals surface area contributed by atoms with E-state index < -0.39 is 17.4 Å². The normalized spacial score (nSPS) is 17.3. The molecular formula is C25H27N3O6. The fraction of sp³-hybridized carbons (Fsp3) is 0.320. The summed E-state index contributed by atoms with van der Waals surface area (Å²) in [5.41, 5.74) is 0.707. The zero-order valence-electron chi connectivity index (χ0n) is 19.4. The molecule has 0 aliphatic carbocycles. The van der Waals surface area contributed by atoms with Crippen LogP contribution in [0.3, 0.4) is 0 Å². The van der Waals surface area contributed by atoms with Gasteiger partial charge in [0.15, 0.2) is 0 Å². The van der Waals surface area contributed by atoms with Gasteiger partial charge in [0.05, 0.1) is 32.2 Å². The predicted octanol–water partition coefficient (Wildman–Crippen LogP) is 2.85. The van der Waals surface area contributed by atoms with Gasteiger partial charge in [-0.1, -0.05) is 12.1 Å². The number of methoxy groups -OCH3 is 1. The Labute approximate surface area is 197 Å². The lowest BCUT2D eigenvalue weighted by molar-refractivity contribution is -0.145. The number of nitrogens with zero attached hydrogens (tertiary/aromatic N) is 2. The minimum absolute atomic E-state index is 0.182. The van der Waals surface area contributed by atoms with Gasteiger partial charge < -0.3 is 28.7 Å². The van der Waals surface area contributed by atoms with Crippen LogP contribution in [0.2, 0.25) is 0 Å². The molecule has 0 bridgehead atoms. The number of amides is 2. The Morgan fingerprint density at radius 2 is 1.85 bits per heavy atom. The number of carbonyl (C=O) groups excluding carboxylic acids is 3. The van der Waals surface area contributed by atoms with Crippen LogP contribution in [0.15, 0.2) is 59.2 Å². The highest BCUT2D eigenvalue weighted by Gasteiger charge is 2.48. The molecule has 2 amide bonds. The summed E-state index contributed by atoms with van der Waals surface area (Å²) in [6.45, 7) is 3.71. The van der Waals surface area contributed by atoms with E-state index in [1.54, 1.807) is 68.2 Å².